The molecule has 0 aromatic heterocycles. The van der Waals surface area contributed by atoms with Gasteiger partial charge in [0.1, 0.15) is 6.61 Å². The normalized spacial score (nSPS) is 10.7. The number of carboxylic acid groups (broad SMARTS) is 1. The van der Waals surface area contributed by atoms with Crippen LogP contribution in [0.4, 0.5) is 0 Å². The van der Waals surface area contributed by atoms with Crippen LogP contribution in [0, 0.1) is 0 Å². The number of hydrogen-bond donors (Lipinski definition) is 2. The molecule has 0 aliphatic carbocycles. The molecule has 3 aromatic rings. The van der Waals surface area contributed by atoms with Gasteiger partial charge in [0.2, 0.25) is 0 Å². The van der Waals surface area contributed by atoms with Crippen molar-refractivity contribution in [2.75, 3.05) is 6.61 Å². The minimum atomic E-state index is -0.925. The molecule has 7 heteroatoms. The first-order valence-electron chi connectivity index (χ1n) is 9.81. The maximum atomic E-state index is 10.9. The zero-order valence-electron chi connectivity index (χ0n) is 17.0. The average Bonchev–Trinajstić information content (AvgIpc) is 2.74. The highest BCUT2D eigenvalue weighted by atomic mass is 79.9. The Balaban J connectivity index is 1.65. The third-order valence-electron chi connectivity index (χ3n) is 4.50. The van der Waals surface area contributed by atoms with Crippen molar-refractivity contribution in [2.45, 2.75) is 26.6 Å². The van der Waals surface area contributed by atoms with Gasteiger partial charge in [-0.2, -0.15) is 0 Å². The summed E-state index contributed by atoms with van der Waals surface area (Å²) in [6, 6.07) is 18.3. The Morgan fingerprint density at radius 3 is 2.42 bits per heavy atom. The maximum Gasteiger partial charge on any atom is 0.335 e. The molecular formula is C24H23BrClNO4. The molecule has 2 N–H and O–H groups in total. The Labute approximate surface area is 195 Å². The molecule has 31 heavy (non-hydrogen) atoms. The molecule has 0 saturated heterocycles. The Hall–Kier alpha value is -2.54. The quantitative estimate of drug-likeness (QED) is 0.351. The van der Waals surface area contributed by atoms with Gasteiger partial charge in [0.15, 0.2) is 11.5 Å². The van der Waals surface area contributed by atoms with Gasteiger partial charge >= 0.3 is 5.97 Å². The van der Waals surface area contributed by atoms with Crippen LogP contribution < -0.4 is 14.8 Å². The van der Waals surface area contributed by atoms with Crippen molar-refractivity contribution in [3.63, 3.8) is 0 Å². The number of halogens is 2. The third kappa shape index (κ3) is 6.72. The predicted octanol–water partition coefficient (Wildman–Crippen LogP) is 6.07. The average molecular weight is 505 g/mol. The highest BCUT2D eigenvalue weighted by Crippen LogP contribution is 2.37. The van der Waals surface area contributed by atoms with Gasteiger partial charge in [0, 0.05) is 18.1 Å². The number of hydrogen-bond acceptors (Lipinski definition) is 4. The van der Waals surface area contributed by atoms with E-state index in [2.05, 4.69) is 21.2 Å². The van der Waals surface area contributed by atoms with Crippen LogP contribution in [0.2, 0.25) is 5.02 Å². The van der Waals surface area contributed by atoms with Crippen molar-refractivity contribution < 1.29 is 19.4 Å². The molecule has 0 saturated carbocycles. The van der Waals surface area contributed by atoms with Gasteiger partial charge in [-0.25, -0.2) is 4.79 Å². The molecule has 0 radical (unpaired) electrons. The predicted molar refractivity (Wildman–Crippen MR) is 125 cm³/mol. The first-order valence-corrected chi connectivity index (χ1v) is 11.0. The molecule has 0 fully saturated rings. The number of aromatic carboxylic acids is 1. The minimum Gasteiger partial charge on any atom is -0.490 e. The van der Waals surface area contributed by atoms with E-state index >= 15 is 0 Å². The van der Waals surface area contributed by atoms with Crippen LogP contribution in [0.15, 0.2) is 65.1 Å². The van der Waals surface area contributed by atoms with Crippen molar-refractivity contribution in [1.82, 2.24) is 5.32 Å². The standard InChI is InChI=1S/C24H23BrClNO4/c1-2-30-22-12-18(14-27-13-16-6-8-19(9-7-16)24(28)29)11-21(25)23(22)31-15-17-4-3-5-20(26)10-17/h3-12,27H,2,13-15H2,1H3,(H,28,29). The lowest BCUT2D eigenvalue weighted by atomic mass is 10.1. The van der Waals surface area contributed by atoms with E-state index in [-0.39, 0.29) is 5.56 Å². The van der Waals surface area contributed by atoms with Gasteiger partial charge < -0.3 is 19.9 Å². The Bertz CT molecular complexity index is 1040. The molecule has 3 aromatic carbocycles. The zero-order valence-corrected chi connectivity index (χ0v) is 19.4. The molecule has 0 bridgehead atoms. The fraction of sp³-hybridized carbons (Fsp3) is 0.208. The van der Waals surface area contributed by atoms with Crippen molar-refractivity contribution in [1.29, 1.82) is 0 Å². The zero-order chi connectivity index (χ0) is 22.2. The van der Waals surface area contributed by atoms with Gasteiger partial charge in [0.05, 0.1) is 16.6 Å². The van der Waals surface area contributed by atoms with Crippen molar-refractivity contribution in [2.24, 2.45) is 0 Å². The van der Waals surface area contributed by atoms with Crippen LogP contribution in [0.1, 0.15) is 34.0 Å². The number of nitrogens with one attached hydrogen (secondary N) is 1. The number of ether oxygens (including phenoxy) is 2. The van der Waals surface area contributed by atoms with E-state index in [1.165, 1.54) is 0 Å². The van der Waals surface area contributed by atoms with Gasteiger partial charge in [-0.15, -0.1) is 0 Å². The van der Waals surface area contributed by atoms with E-state index in [9.17, 15) is 4.79 Å². The molecule has 0 aliphatic heterocycles. The van der Waals surface area contributed by atoms with Gasteiger partial charge in [-0.1, -0.05) is 35.9 Å². The van der Waals surface area contributed by atoms with Crippen LogP contribution in [0.5, 0.6) is 11.5 Å². The van der Waals surface area contributed by atoms with Crippen LogP contribution in [-0.2, 0) is 19.7 Å². The largest absolute Gasteiger partial charge is 0.490 e. The van der Waals surface area contributed by atoms with E-state index in [0.717, 1.165) is 21.2 Å². The molecule has 0 atom stereocenters. The Kier molecular flexibility index (Phi) is 8.35. The third-order valence-corrected chi connectivity index (χ3v) is 5.32. The maximum absolute atomic E-state index is 10.9. The van der Waals surface area contributed by atoms with Crippen LogP contribution >= 0.6 is 27.5 Å². The lowest BCUT2D eigenvalue weighted by molar-refractivity contribution is 0.0697. The first kappa shape index (κ1) is 23.1. The summed E-state index contributed by atoms with van der Waals surface area (Å²) in [4.78, 5) is 10.9. The molecule has 0 spiro atoms. The SMILES string of the molecule is CCOc1cc(CNCc2ccc(C(=O)O)cc2)cc(Br)c1OCc1cccc(Cl)c1. The second-order valence-corrected chi connectivity index (χ2v) is 8.15. The second-order valence-electron chi connectivity index (χ2n) is 6.86. The van der Waals surface area contributed by atoms with E-state index in [4.69, 9.17) is 26.2 Å². The fourth-order valence-electron chi connectivity index (χ4n) is 3.03. The van der Waals surface area contributed by atoms with Gasteiger partial charge in [0.25, 0.3) is 0 Å². The smallest absolute Gasteiger partial charge is 0.335 e. The summed E-state index contributed by atoms with van der Waals surface area (Å²) in [7, 11) is 0. The summed E-state index contributed by atoms with van der Waals surface area (Å²) >= 11 is 9.65. The van der Waals surface area contributed by atoms with E-state index in [1.807, 2.05) is 55.5 Å². The Morgan fingerprint density at radius 1 is 1.00 bits per heavy atom. The fourth-order valence-corrected chi connectivity index (χ4v) is 3.84. The summed E-state index contributed by atoms with van der Waals surface area (Å²) < 4.78 is 12.6. The number of carboxylic acids is 1. The summed E-state index contributed by atoms with van der Waals surface area (Å²) in [5.41, 5.74) is 3.30. The van der Waals surface area contributed by atoms with Crippen LogP contribution in [-0.4, -0.2) is 17.7 Å². The molecular weight excluding hydrogens is 482 g/mol. The lowest BCUT2D eigenvalue weighted by Crippen LogP contribution is -2.13. The summed E-state index contributed by atoms with van der Waals surface area (Å²) in [5, 5.41) is 13.0. The highest BCUT2D eigenvalue weighted by Gasteiger charge is 2.13. The second kappa shape index (κ2) is 11.2. The van der Waals surface area contributed by atoms with Gasteiger partial charge in [-0.3, -0.25) is 0 Å². The molecule has 3 rings (SSSR count). The topological polar surface area (TPSA) is 67.8 Å². The molecule has 5 nitrogen and oxygen atoms in total. The molecule has 0 unspecified atom stereocenters. The summed E-state index contributed by atoms with van der Waals surface area (Å²) in [6.45, 7) is 4.07. The summed E-state index contributed by atoms with van der Waals surface area (Å²) in [5.74, 6) is 0.391. The van der Waals surface area contributed by atoms with Crippen LogP contribution in [0.25, 0.3) is 0 Å². The van der Waals surface area contributed by atoms with Crippen LogP contribution in [0.3, 0.4) is 0 Å². The summed E-state index contributed by atoms with van der Waals surface area (Å²) in [6.07, 6.45) is 0. The minimum absolute atomic E-state index is 0.280. The first-order chi connectivity index (χ1) is 15.0. The molecule has 0 amide bonds. The number of carbonyl (C=O) groups is 1. The van der Waals surface area contributed by atoms with E-state index in [0.29, 0.717) is 42.8 Å². The van der Waals surface area contributed by atoms with Crippen molar-refractivity contribution >= 4 is 33.5 Å². The van der Waals surface area contributed by atoms with E-state index < -0.39 is 5.97 Å². The number of benzene rings is 3. The highest BCUT2D eigenvalue weighted by molar-refractivity contribution is 9.10. The lowest BCUT2D eigenvalue weighted by Gasteiger charge is -2.16. The molecule has 0 heterocycles. The van der Waals surface area contributed by atoms with Crippen molar-refractivity contribution in [3.05, 3.63) is 92.4 Å². The van der Waals surface area contributed by atoms with E-state index in [1.54, 1.807) is 12.1 Å². The molecule has 0 aliphatic rings. The van der Waals surface area contributed by atoms with Gasteiger partial charge in [-0.05, 0) is 75.9 Å². The molecule has 162 valence electrons. The monoisotopic (exact) mass is 503 g/mol. The van der Waals surface area contributed by atoms with Crippen molar-refractivity contribution in [3.8, 4) is 11.5 Å². The number of rotatable bonds is 10. The Morgan fingerprint density at radius 2 is 1.74 bits per heavy atom.